The van der Waals surface area contributed by atoms with E-state index < -0.39 is 5.82 Å². The fourth-order valence-electron chi connectivity index (χ4n) is 1.41. The Balaban J connectivity index is 3.13. The van der Waals surface area contributed by atoms with Gasteiger partial charge in [0.15, 0.2) is 0 Å². The Morgan fingerprint density at radius 1 is 1.44 bits per heavy atom. The first-order valence-corrected chi connectivity index (χ1v) is 5.84. The number of nitrogen functional groups attached to an aromatic ring is 1. The van der Waals surface area contributed by atoms with E-state index in [2.05, 4.69) is 15.9 Å². The molecule has 16 heavy (non-hydrogen) atoms. The van der Waals surface area contributed by atoms with Crippen LogP contribution in [0.2, 0.25) is 0 Å². The van der Waals surface area contributed by atoms with Crippen LogP contribution < -0.4 is 5.73 Å². The van der Waals surface area contributed by atoms with Crippen molar-refractivity contribution in [2.24, 2.45) is 0 Å². The molecule has 88 valence electrons. The summed E-state index contributed by atoms with van der Waals surface area (Å²) in [5.74, 6) is -0.674. The molecule has 0 aliphatic heterocycles. The average molecular weight is 289 g/mol. The highest BCUT2D eigenvalue weighted by Gasteiger charge is 2.17. The van der Waals surface area contributed by atoms with Crippen LogP contribution in [0.4, 0.5) is 10.1 Å². The van der Waals surface area contributed by atoms with Crippen molar-refractivity contribution in [2.75, 3.05) is 18.8 Å². The third-order valence-corrected chi connectivity index (χ3v) is 3.02. The highest BCUT2D eigenvalue weighted by atomic mass is 79.9. The van der Waals surface area contributed by atoms with Crippen molar-refractivity contribution in [3.05, 3.63) is 28.0 Å². The number of carbonyl (C=O) groups excluding carboxylic acids is 1. The Kier molecular flexibility index (Phi) is 4.29. The lowest BCUT2D eigenvalue weighted by Crippen LogP contribution is -2.30. The van der Waals surface area contributed by atoms with Gasteiger partial charge in [-0.15, -0.1) is 0 Å². The largest absolute Gasteiger partial charge is 0.396 e. The second kappa shape index (κ2) is 5.30. The Morgan fingerprint density at radius 3 is 2.50 bits per heavy atom. The zero-order valence-corrected chi connectivity index (χ0v) is 10.8. The molecular weight excluding hydrogens is 275 g/mol. The molecule has 0 aliphatic rings. The van der Waals surface area contributed by atoms with Gasteiger partial charge in [-0.3, -0.25) is 4.79 Å². The van der Waals surface area contributed by atoms with E-state index in [0.29, 0.717) is 23.1 Å². The van der Waals surface area contributed by atoms with Gasteiger partial charge in [0.1, 0.15) is 5.82 Å². The summed E-state index contributed by atoms with van der Waals surface area (Å²) in [6.07, 6.45) is 0. The van der Waals surface area contributed by atoms with Crippen LogP contribution in [0.15, 0.2) is 16.6 Å². The summed E-state index contributed by atoms with van der Waals surface area (Å²) in [6, 6.07) is 2.58. The topological polar surface area (TPSA) is 46.3 Å². The normalized spacial score (nSPS) is 10.2. The van der Waals surface area contributed by atoms with Crippen LogP contribution in [0.3, 0.4) is 0 Å². The van der Waals surface area contributed by atoms with Crippen molar-refractivity contribution >= 4 is 27.5 Å². The molecule has 0 spiro atoms. The van der Waals surface area contributed by atoms with Crippen LogP contribution in [0.5, 0.6) is 0 Å². The van der Waals surface area contributed by atoms with Gasteiger partial charge in [-0.2, -0.15) is 0 Å². The quantitative estimate of drug-likeness (QED) is 0.869. The third kappa shape index (κ3) is 2.52. The zero-order valence-electron chi connectivity index (χ0n) is 9.26. The number of benzene rings is 1. The predicted octanol–water partition coefficient (Wildman–Crippen LogP) is 2.65. The first-order chi connectivity index (χ1) is 7.51. The Labute approximate surface area is 103 Å². The molecule has 0 atom stereocenters. The van der Waals surface area contributed by atoms with E-state index in [1.54, 1.807) is 4.90 Å². The van der Waals surface area contributed by atoms with Gasteiger partial charge in [-0.1, -0.05) is 0 Å². The third-order valence-electron chi connectivity index (χ3n) is 2.37. The van der Waals surface area contributed by atoms with Gasteiger partial charge in [-0.05, 0) is 41.9 Å². The van der Waals surface area contributed by atoms with Crippen LogP contribution in [0, 0.1) is 5.82 Å². The molecule has 1 amide bonds. The van der Waals surface area contributed by atoms with Crippen molar-refractivity contribution in [2.45, 2.75) is 13.8 Å². The number of anilines is 1. The molecule has 0 fully saturated rings. The molecule has 0 saturated heterocycles. The summed E-state index contributed by atoms with van der Waals surface area (Å²) in [5, 5.41) is 0. The van der Waals surface area contributed by atoms with Gasteiger partial charge >= 0.3 is 0 Å². The summed E-state index contributed by atoms with van der Waals surface area (Å²) in [5.41, 5.74) is 5.82. The molecule has 1 aromatic carbocycles. The predicted molar refractivity (Wildman–Crippen MR) is 65.8 cm³/mol. The van der Waals surface area contributed by atoms with E-state index >= 15 is 0 Å². The van der Waals surface area contributed by atoms with Gasteiger partial charge in [0.2, 0.25) is 0 Å². The van der Waals surface area contributed by atoms with Crippen LogP contribution in [0.25, 0.3) is 0 Å². The first-order valence-electron chi connectivity index (χ1n) is 5.05. The lowest BCUT2D eigenvalue weighted by Gasteiger charge is -2.19. The van der Waals surface area contributed by atoms with Crippen molar-refractivity contribution in [1.29, 1.82) is 0 Å². The van der Waals surface area contributed by atoms with E-state index in [1.807, 2.05) is 13.8 Å². The summed E-state index contributed by atoms with van der Waals surface area (Å²) >= 11 is 3.17. The molecule has 0 saturated carbocycles. The number of rotatable bonds is 3. The maximum Gasteiger partial charge on any atom is 0.255 e. The summed E-state index contributed by atoms with van der Waals surface area (Å²) in [7, 11) is 0. The molecule has 0 heterocycles. The van der Waals surface area contributed by atoms with Crippen molar-refractivity contribution < 1.29 is 9.18 Å². The summed E-state index contributed by atoms with van der Waals surface area (Å²) < 4.78 is 13.5. The second-order valence-corrected chi connectivity index (χ2v) is 4.19. The SMILES string of the molecule is CCN(CC)C(=O)c1cc(N)c(F)cc1Br. The summed E-state index contributed by atoms with van der Waals surface area (Å²) in [6.45, 7) is 5.00. The standard InChI is InChI=1S/C11H14BrFN2O/c1-3-15(4-2)11(16)7-5-10(14)9(13)6-8(7)12/h5-6H,3-4,14H2,1-2H3. The highest BCUT2D eigenvalue weighted by molar-refractivity contribution is 9.10. The number of halogens is 2. The molecule has 0 radical (unpaired) electrons. The van der Waals surface area contributed by atoms with Crippen molar-refractivity contribution in [3.8, 4) is 0 Å². The molecule has 0 aliphatic carbocycles. The second-order valence-electron chi connectivity index (χ2n) is 3.33. The van der Waals surface area contributed by atoms with Crippen LogP contribution >= 0.6 is 15.9 Å². The Morgan fingerprint density at radius 2 is 2.00 bits per heavy atom. The fourth-order valence-corrected chi connectivity index (χ4v) is 1.90. The van der Waals surface area contributed by atoms with E-state index in [9.17, 15) is 9.18 Å². The number of nitrogens with zero attached hydrogens (tertiary/aromatic N) is 1. The molecular formula is C11H14BrFN2O. The number of nitrogens with two attached hydrogens (primary N) is 1. The monoisotopic (exact) mass is 288 g/mol. The minimum atomic E-state index is -0.525. The van der Waals surface area contributed by atoms with E-state index in [-0.39, 0.29) is 11.6 Å². The minimum Gasteiger partial charge on any atom is -0.396 e. The van der Waals surface area contributed by atoms with Gasteiger partial charge < -0.3 is 10.6 Å². The lowest BCUT2D eigenvalue weighted by molar-refractivity contribution is 0.0772. The molecule has 1 aromatic rings. The fraction of sp³-hybridized carbons (Fsp3) is 0.364. The van der Waals surface area contributed by atoms with Crippen LogP contribution in [-0.2, 0) is 0 Å². The van der Waals surface area contributed by atoms with Gasteiger partial charge in [0.25, 0.3) is 5.91 Å². The smallest absolute Gasteiger partial charge is 0.255 e. The van der Waals surface area contributed by atoms with Gasteiger partial charge in [-0.25, -0.2) is 4.39 Å². The molecule has 0 bridgehead atoms. The van der Waals surface area contributed by atoms with Crippen molar-refractivity contribution in [1.82, 2.24) is 4.90 Å². The molecule has 5 heteroatoms. The Hall–Kier alpha value is -1.10. The maximum atomic E-state index is 13.1. The van der Waals surface area contributed by atoms with Gasteiger partial charge in [0, 0.05) is 17.6 Å². The van der Waals surface area contributed by atoms with Gasteiger partial charge in [0.05, 0.1) is 11.3 Å². The van der Waals surface area contributed by atoms with E-state index in [4.69, 9.17) is 5.73 Å². The number of hydrogen-bond donors (Lipinski definition) is 1. The van der Waals surface area contributed by atoms with E-state index in [1.165, 1.54) is 12.1 Å². The Bertz CT molecular complexity index is 405. The van der Waals surface area contributed by atoms with Crippen molar-refractivity contribution in [3.63, 3.8) is 0 Å². The summed E-state index contributed by atoms with van der Waals surface area (Å²) in [4.78, 5) is 13.7. The maximum absolute atomic E-state index is 13.1. The number of hydrogen-bond acceptors (Lipinski definition) is 2. The number of amides is 1. The molecule has 3 nitrogen and oxygen atoms in total. The molecule has 2 N–H and O–H groups in total. The molecule has 0 unspecified atom stereocenters. The zero-order chi connectivity index (χ0) is 12.3. The van der Waals surface area contributed by atoms with E-state index in [0.717, 1.165) is 0 Å². The lowest BCUT2D eigenvalue weighted by atomic mass is 10.1. The number of carbonyl (C=O) groups is 1. The minimum absolute atomic E-state index is 0.0151. The molecule has 0 aromatic heterocycles. The first kappa shape index (κ1) is 13.0. The highest BCUT2D eigenvalue weighted by Crippen LogP contribution is 2.24. The molecule has 1 rings (SSSR count). The van der Waals surface area contributed by atoms with Crippen LogP contribution in [-0.4, -0.2) is 23.9 Å². The average Bonchev–Trinajstić information content (AvgIpc) is 2.25. The van der Waals surface area contributed by atoms with Crippen LogP contribution in [0.1, 0.15) is 24.2 Å².